The molecule has 0 spiro atoms. The van der Waals surface area contributed by atoms with Crippen molar-refractivity contribution < 1.29 is 0 Å². The van der Waals surface area contributed by atoms with Gasteiger partial charge in [-0.2, -0.15) is 0 Å². The Morgan fingerprint density at radius 3 is 1.34 bits per heavy atom. The second kappa shape index (κ2) is 15.0. The van der Waals surface area contributed by atoms with E-state index < -0.39 is 0 Å². The Hall–Kier alpha value is -8.64. The largest absolute Gasteiger partial charge is 0.252 e. The molecular formula is C62H36N4S. The highest BCUT2D eigenvalue weighted by Gasteiger charge is 2.22. The van der Waals surface area contributed by atoms with Crippen LogP contribution in [0.3, 0.4) is 0 Å². The maximum absolute atomic E-state index is 5.67. The lowest BCUT2D eigenvalue weighted by atomic mass is 9.88. The van der Waals surface area contributed by atoms with E-state index in [1.165, 1.54) is 36.5 Å². The third-order valence-electron chi connectivity index (χ3n) is 13.5. The zero-order valence-corrected chi connectivity index (χ0v) is 36.8. The quantitative estimate of drug-likeness (QED) is 0.162. The summed E-state index contributed by atoms with van der Waals surface area (Å²) in [5.41, 5.74) is 13.7. The topological polar surface area (TPSA) is 51.6 Å². The molecule has 0 aliphatic carbocycles. The van der Waals surface area contributed by atoms with Crippen LogP contribution in [0.1, 0.15) is 0 Å². The van der Waals surface area contributed by atoms with Crippen molar-refractivity contribution in [2.75, 3.05) is 0 Å². The summed E-state index contributed by atoms with van der Waals surface area (Å²) in [4.78, 5) is 21.8. The maximum atomic E-state index is 5.67. The minimum atomic E-state index is 0.766. The first kappa shape index (κ1) is 37.7. The van der Waals surface area contributed by atoms with Crippen molar-refractivity contribution in [3.63, 3.8) is 0 Å². The molecule has 4 nitrogen and oxygen atoms in total. The molecule has 0 bridgehead atoms. The molecule has 0 fully saturated rings. The van der Waals surface area contributed by atoms with Crippen molar-refractivity contribution in [1.82, 2.24) is 19.9 Å². The van der Waals surface area contributed by atoms with E-state index in [0.717, 1.165) is 105 Å². The van der Waals surface area contributed by atoms with Gasteiger partial charge < -0.3 is 0 Å². The Bertz CT molecular complexity index is 4280. The molecule has 0 unspecified atom stereocenters. The molecule has 67 heavy (non-hydrogen) atoms. The number of benzene rings is 11. The van der Waals surface area contributed by atoms with Crippen LogP contribution in [0.4, 0.5) is 0 Å². The average molecular weight is 869 g/mol. The Morgan fingerprint density at radius 1 is 0.284 bits per heavy atom. The van der Waals surface area contributed by atoms with Gasteiger partial charge in [-0.25, -0.2) is 9.97 Å². The molecule has 14 aromatic rings. The second-order valence-electron chi connectivity index (χ2n) is 17.3. The molecule has 5 heteroatoms. The van der Waals surface area contributed by atoms with E-state index in [-0.39, 0.29) is 0 Å². The molecule has 0 N–H and O–H groups in total. The second-order valence-corrected chi connectivity index (χ2v) is 18.3. The molecule has 14 rings (SSSR count). The van der Waals surface area contributed by atoms with E-state index in [1.807, 2.05) is 23.7 Å². The number of nitrogens with zero attached hydrogens (tertiary/aromatic N) is 4. The van der Waals surface area contributed by atoms with E-state index in [2.05, 4.69) is 206 Å². The first-order chi connectivity index (χ1) is 33.2. The Labute approximate surface area is 389 Å². The van der Waals surface area contributed by atoms with Gasteiger partial charge in [0.15, 0.2) is 0 Å². The minimum absolute atomic E-state index is 0.766. The van der Waals surface area contributed by atoms with Crippen LogP contribution in [0, 0.1) is 0 Å². The number of thiophene rings is 1. The first-order valence-electron chi connectivity index (χ1n) is 22.6. The van der Waals surface area contributed by atoms with Crippen molar-refractivity contribution >= 4 is 96.7 Å². The highest BCUT2D eigenvalue weighted by Crippen LogP contribution is 2.46. The number of hydrogen-bond acceptors (Lipinski definition) is 5. The molecule has 310 valence electrons. The monoisotopic (exact) mass is 868 g/mol. The first-order valence-corrected chi connectivity index (χ1v) is 23.4. The molecule has 3 heterocycles. The summed E-state index contributed by atoms with van der Waals surface area (Å²) < 4.78 is 2.56. The minimum Gasteiger partial charge on any atom is -0.252 e. The van der Waals surface area contributed by atoms with Gasteiger partial charge in [-0.15, -0.1) is 11.3 Å². The zero-order chi connectivity index (χ0) is 44.0. The summed E-state index contributed by atoms with van der Waals surface area (Å²) in [5.74, 6) is 0. The fraction of sp³-hybridized carbons (Fsp3) is 0. The molecule has 0 saturated carbocycles. The maximum Gasteiger partial charge on any atom is 0.0979 e. The van der Waals surface area contributed by atoms with E-state index in [9.17, 15) is 0 Å². The van der Waals surface area contributed by atoms with Gasteiger partial charge in [0.2, 0.25) is 0 Å². The lowest BCUT2D eigenvalue weighted by Gasteiger charge is -2.18. The molecular weight excluding hydrogens is 833 g/mol. The third-order valence-corrected chi connectivity index (χ3v) is 14.7. The van der Waals surface area contributed by atoms with Crippen LogP contribution in [0.15, 0.2) is 219 Å². The normalized spacial score (nSPS) is 11.9. The SMILES string of the molecule is c1ccc(-c2cc(-c3cccc(-c4cnc5c6ccccc6c6ccccc6c5n4)c3-c3cnc4c5ccccc5c5ccccc5c4n3)cc(-c3cccc4c3sc3ccccc34)c2)cc1. The van der Waals surface area contributed by atoms with E-state index in [1.54, 1.807) is 0 Å². The highest BCUT2D eigenvalue weighted by molar-refractivity contribution is 7.26. The summed E-state index contributed by atoms with van der Waals surface area (Å²) in [6.45, 7) is 0. The smallest absolute Gasteiger partial charge is 0.0979 e. The zero-order valence-electron chi connectivity index (χ0n) is 36.0. The molecule has 11 aromatic carbocycles. The summed E-state index contributed by atoms with van der Waals surface area (Å²) in [5, 5.41) is 11.5. The van der Waals surface area contributed by atoms with E-state index in [4.69, 9.17) is 19.9 Å². The Morgan fingerprint density at radius 2 is 0.716 bits per heavy atom. The lowest BCUT2D eigenvalue weighted by Crippen LogP contribution is -1.98. The van der Waals surface area contributed by atoms with Gasteiger partial charge in [0.1, 0.15) is 0 Å². The summed E-state index contributed by atoms with van der Waals surface area (Å²) >= 11 is 1.86. The van der Waals surface area contributed by atoms with Crippen LogP contribution < -0.4 is 0 Å². The molecule has 3 aromatic heterocycles. The predicted molar refractivity (Wildman–Crippen MR) is 283 cm³/mol. The van der Waals surface area contributed by atoms with Crippen LogP contribution in [0.25, 0.3) is 141 Å². The summed E-state index contributed by atoms with van der Waals surface area (Å²) in [7, 11) is 0. The van der Waals surface area contributed by atoms with Crippen molar-refractivity contribution in [1.29, 1.82) is 0 Å². The summed E-state index contributed by atoms with van der Waals surface area (Å²) in [6.07, 6.45) is 3.90. The fourth-order valence-corrected chi connectivity index (χ4v) is 11.7. The number of hydrogen-bond donors (Lipinski definition) is 0. The van der Waals surface area contributed by atoms with Crippen LogP contribution in [-0.4, -0.2) is 19.9 Å². The van der Waals surface area contributed by atoms with Gasteiger partial charge in [0.05, 0.1) is 45.8 Å². The van der Waals surface area contributed by atoms with Crippen molar-refractivity contribution in [3.8, 4) is 55.9 Å². The van der Waals surface area contributed by atoms with Gasteiger partial charge in [0, 0.05) is 52.8 Å². The standard InChI is InChI=1S/C62H36N4S/c1-2-16-37(17-3-1)38-32-39(34-40(33-38)42-28-15-29-52-47-22-12-13-31-56(47)67-62(42)52)41-27-14-30-53(54-35-63-58-48-23-8-4-18-43(48)45-20-6-10-25-50(45)60(58)65-54)57(41)55-36-64-59-49-24-9-5-19-44(49)46-21-7-11-26-51(46)61(59)66-55/h1-36H. The fourth-order valence-electron chi connectivity index (χ4n) is 10.5. The average Bonchev–Trinajstić information content (AvgIpc) is 3.80. The van der Waals surface area contributed by atoms with Gasteiger partial charge in [-0.3, -0.25) is 9.97 Å². The molecule has 0 aliphatic rings. The van der Waals surface area contributed by atoms with Crippen LogP contribution in [-0.2, 0) is 0 Å². The van der Waals surface area contributed by atoms with Gasteiger partial charge in [-0.05, 0) is 79.2 Å². The number of aromatic nitrogens is 4. The molecule has 0 amide bonds. The van der Waals surface area contributed by atoms with Gasteiger partial charge >= 0.3 is 0 Å². The van der Waals surface area contributed by atoms with Gasteiger partial charge in [0.25, 0.3) is 0 Å². The Kier molecular flexibility index (Phi) is 8.42. The van der Waals surface area contributed by atoms with Crippen LogP contribution >= 0.6 is 11.3 Å². The van der Waals surface area contributed by atoms with Crippen LogP contribution in [0.2, 0.25) is 0 Å². The highest BCUT2D eigenvalue weighted by atomic mass is 32.1. The van der Waals surface area contributed by atoms with E-state index >= 15 is 0 Å². The summed E-state index contributed by atoms with van der Waals surface area (Å²) in [6, 6.07) is 73.9. The predicted octanol–water partition coefficient (Wildman–Crippen LogP) is 16.9. The lowest BCUT2D eigenvalue weighted by molar-refractivity contribution is 1.29. The third kappa shape index (κ3) is 5.92. The van der Waals surface area contributed by atoms with E-state index in [0.29, 0.717) is 0 Å². The molecule has 0 aliphatic heterocycles. The van der Waals surface area contributed by atoms with Crippen molar-refractivity contribution in [2.24, 2.45) is 0 Å². The Balaban J connectivity index is 1.08. The molecule has 0 atom stereocenters. The number of rotatable bonds is 5. The van der Waals surface area contributed by atoms with Gasteiger partial charge in [-0.1, -0.05) is 182 Å². The molecule has 0 saturated heterocycles. The molecule has 0 radical (unpaired) electrons. The van der Waals surface area contributed by atoms with Crippen LogP contribution in [0.5, 0.6) is 0 Å². The number of fused-ring (bicyclic) bond motifs is 15. The van der Waals surface area contributed by atoms with Crippen molar-refractivity contribution in [3.05, 3.63) is 219 Å². The van der Waals surface area contributed by atoms with Crippen molar-refractivity contribution in [2.45, 2.75) is 0 Å².